The molecule has 1 aromatic rings. The van der Waals surface area contributed by atoms with Crippen LogP contribution in [0.3, 0.4) is 0 Å². The van der Waals surface area contributed by atoms with Gasteiger partial charge in [-0.3, -0.25) is 14.8 Å². The van der Waals surface area contributed by atoms with Crippen molar-refractivity contribution in [2.45, 2.75) is 19.3 Å². The molecule has 0 N–H and O–H groups in total. The summed E-state index contributed by atoms with van der Waals surface area (Å²) in [5.74, 6) is 1.69. The number of morpholine rings is 1. The van der Waals surface area contributed by atoms with Gasteiger partial charge in [-0.25, -0.2) is 4.99 Å². The molecular weight excluding hydrogens is 404 g/mol. The van der Waals surface area contributed by atoms with E-state index in [0.29, 0.717) is 56.8 Å². The summed E-state index contributed by atoms with van der Waals surface area (Å²) in [6.07, 6.45) is 5.92. The summed E-state index contributed by atoms with van der Waals surface area (Å²) in [7, 11) is 0. The lowest BCUT2D eigenvalue weighted by Crippen LogP contribution is -2.54. The zero-order valence-electron chi connectivity index (χ0n) is 18.0. The van der Waals surface area contributed by atoms with Gasteiger partial charge in [0.05, 0.1) is 18.9 Å². The molecule has 8 nitrogen and oxygen atoms in total. The standard InChI is InChI=1S/C24H26N6O2/c1-2-21-28-24(29-11-13-32-14-12-29)22-20(31)8-9-25-23(22)30(21)27-10-7-17-15-18-5-3-4-6-19(18)26-16-17/h3-6,10,16-17,22H,1,7-9,11-15H2. The van der Waals surface area contributed by atoms with E-state index in [1.54, 1.807) is 5.01 Å². The largest absolute Gasteiger partial charge is 0.378 e. The number of para-hydroxylation sites is 1. The molecule has 164 valence electrons. The van der Waals surface area contributed by atoms with Crippen LogP contribution in [0.25, 0.3) is 0 Å². The molecule has 4 aliphatic heterocycles. The molecule has 0 spiro atoms. The maximum Gasteiger partial charge on any atom is 0.200 e. The Hall–Kier alpha value is -3.35. The number of rotatable bonds is 3. The lowest BCUT2D eigenvalue weighted by Gasteiger charge is -2.39. The average Bonchev–Trinajstić information content (AvgIpc) is 2.84. The number of fused-ring (bicyclic) bond motifs is 2. The van der Waals surface area contributed by atoms with Gasteiger partial charge in [0.2, 0.25) is 5.82 Å². The molecule has 0 bridgehead atoms. The highest BCUT2D eigenvalue weighted by Gasteiger charge is 2.42. The van der Waals surface area contributed by atoms with Crippen LogP contribution in [0.4, 0.5) is 5.69 Å². The molecule has 8 heteroatoms. The van der Waals surface area contributed by atoms with Gasteiger partial charge in [-0.05, 0) is 24.5 Å². The van der Waals surface area contributed by atoms with Gasteiger partial charge in [-0.1, -0.05) is 30.5 Å². The Labute approximate surface area is 187 Å². The highest BCUT2D eigenvalue weighted by molar-refractivity contribution is 6.23. The molecular formula is C24H26N6O2. The van der Waals surface area contributed by atoms with E-state index in [2.05, 4.69) is 38.4 Å². The summed E-state index contributed by atoms with van der Waals surface area (Å²) in [6.45, 7) is 6.90. The quantitative estimate of drug-likeness (QED) is 0.545. The van der Waals surface area contributed by atoms with Gasteiger partial charge in [0.1, 0.15) is 17.6 Å². The van der Waals surface area contributed by atoms with Gasteiger partial charge in [0, 0.05) is 44.4 Å². The van der Waals surface area contributed by atoms with Gasteiger partial charge in [0.15, 0.2) is 5.78 Å². The van der Waals surface area contributed by atoms with Crippen LogP contribution < -0.4 is 0 Å². The Morgan fingerprint density at radius 1 is 1.25 bits per heavy atom. The van der Waals surface area contributed by atoms with E-state index in [1.165, 1.54) is 5.56 Å². The minimum absolute atomic E-state index is 0.125. The number of hydrogen-bond donors (Lipinski definition) is 0. The molecule has 32 heavy (non-hydrogen) atoms. The second kappa shape index (κ2) is 9.02. The first-order valence-corrected chi connectivity index (χ1v) is 11.1. The molecule has 5 rings (SSSR count). The van der Waals surface area contributed by atoms with Gasteiger partial charge in [0.25, 0.3) is 0 Å². The fourth-order valence-electron chi connectivity index (χ4n) is 4.45. The number of hydrogen-bond acceptors (Lipinski definition) is 8. The van der Waals surface area contributed by atoms with E-state index >= 15 is 0 Å². The highest BCUT2D eigenvalue weighted by atomic mass is 16.5. The maximum absolute atomic E-state index is 12.9. The van der Waals surface area contributed by atoms with E-state index in [4.69, 9.17) is 9.73 Å². The second-order valence-electron chi connectivity index (χ2n) is 8.18. The minimum atomic E-state index is -0.501. The summed E-state index contributed by atoms with van der Waals surface area (Å²) in [6, 6.07) is 8.20. The zero-order valence-corrected chi connectivity index (χ0v) is 18.0. The first kappa shape index (κ1) is 20.5. The average molecular weight is 431 g/mol. The van der Waals surface area contributed by atoms with E-state index in [1.807, 2.05) is 30.6 Å². The summed E-state index contributed by atoms with van der Waals surface area (Å²) in [5.41, 5.74) is 5.18. The molecule has 1 fully saturated rings. The van der Waals surface area contributed by atoms with Crippen molar-refractivity contribution in [3.63, 3.8) is 0 Å². The zero-order chi connectivity index (χ0) is 21.9. The predicted molar refractivity (Wildman–Crippen MR) is 125 cm³/mol. The van der Waals surface area contributed by atoms with Crippen molar-refractivity contribution in [2.24, 2.45) is 31.9 Å². The van der Waals surface area contributed by atoms with Crippen molar-refractivity contribution in [1.29, 1.82) is 0 Å². The number of carbonyl (C=O) groups excluding carboxylic acids is 1. The van der Waals surface area contributed by atoms with Crippen molar-refractivity contribution in [1.82, 2.24) is 9.91 Å². The highest BCUT2D eigenvalue weighted by Crippen LogP contribution is 2.29. The summed E-state index contributed by atoms with van der Waals surface area (Å²) < 4.78 is 5.47. The van der Waals surface area contributed by atoms with Gasteiger partial charge >= 0.3 is 0 Å². The number of carbonyl (C=O) groups is 1. The summed E-state index contributed by atoms with van der Waals surface area (Å²) >= 11 is 0. The molecule has 0 aromatic heterocycles. The molecule has 1 aromatic carbocycles. The van der Waals surface area contributed by atoms with Crippen LogP contribution in [-0.2, 0) is 16.0 Å². The predicted octanol–water partition coefficient (Wildman–Crippen LogP) is 2.60. The third-order valence-corrected chi connectivity index (χ3v) is 6.11. The molecule has 0 radical (unpaired) electrons. The number of ether oxygens (including phenoxy) is 1. The van der Waals surface area contributed by atoms with Crippen molar-refractivity contribution >= 4 is 35.6 Å². The van der Waals surface area contributed by atoms with Crippen LogP contribution >= 0.6 is 0 Å². The van der Waals surface area contributed by atoms with Gasteiger partial charge in [-0.15, -0.1) is 0 Å². The van der Waals surface area contributed by atoms with Crippen LogP contribution in [0.1, 0.15) is 18.4 Å². The fraction of sp³-hybridized carbons (Fsp3) is 0.417. The van der Waals surface area contributed by atoms with Gasteiger partial charge < -0.3 is 9.64 Å². The van der Waals surface area contributed by atoms with E-state index in [0.717, 1.165) is 18.5 Å². The Morgan fingerprint density at radius 3 is 2.94 bits per heavy atom. The molecule has 0 aliphatic carbocycles. The Bertz CT molecular complexity index is 1080. The molecule has 0 saturated carbocycles. The van der Waals surface area contributed by atoms with E-state index in [9.17, 15) is 4.79 Å². The Morgan fingerprint density at radius 2 is 2.09 bits per heavy atom. The van der Waals surface area contributed by atoms with Crippen LogP contribution in [0, 0.1) is 11.8 Å². The number of nitrogens with zero attached hydrogens (tertiary/aromatic N) is 6. The molecule has 4 heterocycles. The fourth-order valence-corrected chi connectivity index (χ4v) is 4.45. The minimum Gasteiger partial charge on any atom is -0.378 e. The SMILES string of the molecule is C=C=C1N=C(N2CCOCC2)C2C(=O)CCN=C2N1N=CCC1C=Nc2ccccc2C1. The number of aliphatic imine (C=N–C) groups is 3. The van der Waals surface area contributed by atoms with Crippen LogP contribution in [0.2, 0.25) is 0 Å². The lowest BCUT2D eigenvalue weighted by atomic mass is 9.93. The summed E-state index contributed by atoms with van der Waals surface area (Å²) in [4.78, 5) is 29.0. The third-order valence-electron chi connectivity index (χ3n) is 6.11. The number of benzene rings is 1. The van der Waals surface area contributed by atoms with Crippen LogP contribution in [0.5, 0.6) is 0 Å². The van der Waals surface area contributed by atoms with E-state index in [-0.39, 0.29) is 11.7 Å². The second-order valence-corrected chi connectivity index (χ2v) is 8.18. The first-order valence-electron chi connectivity index (χ1n) is 11.1. The molecule has 0 amide bonds. The molecule has 4 aliphatic rings. The van der Waals surface area contributed by atoms with Crippen molar-refractivity contribution in [2.75, 3.05) is 32.8 Å². The number of amidine groups is 2. The van der Waals surface area contributed by atoms with Gasteiger partial charge in [-0.2, -0.15) is 10.1 Å². The molecule has 2 unspecified atom stereocenters. The smallest absolute Gasteiger partial charge is 0.200 e. The normalized spacial score (nSPS) is 25.2. The first-order chi connectivity index (χ1) is 15.7. The van der Waals surface area contributed by atoms with Crippen LogP contribution in [0.15, 0.2) is 62.5 Å². The Kier molecular flexibility index (Phi) is 5.79. The monoisotopic (exact) mass is 430 g/mol. The Balaban J connectivity index is 1.37. The third kappa shape index (κ3) is 3.95. The van der Waals surface area contributed by atoms with Crippen molar-refractivity contribution in [3.8, 4) is 0 Å². The maximum atomic E-state index is 12.9. The lowest BCUT2D eigenvalue weighted by molar-refractivity contribution is -0.120. The number of Topliss-reactive ketones (excluding diaryl/α,β-unsaturated/α-hetero) is 1. The molecule has 1 saturated heterocycles. The van der Waals surface area contributed by atoms with Crippen LogP contribution in [-0.4, -0.2) is 72.6 Å². The van der Waals surface area contributed by atoms with Crippen molar-refractivity contribution < 1.29 is 9.53 Å². The number of hydrazone groups is 1. The van der Waals surface area contributed by atoms with Crippen molar-refractivity contribution in [3.05, 3.63) is 48.0 Å². The molecule has 2 atom stereocenters. The van der Waals surface area contributed by atoms with E-state index < -0.39 is 5.92 Å². The number of ketones is 1. The summed E-state index contributed by atoms with van der Waals surface area (Å²) in [5, 5.41) is 6.29. The topological polar surface area (TPSA) is 82.2 Å².